The topological polar surface area (TPSA) is 77.4 Å². The summed E-state index contributed by atoms with van der Waals surface area (Å²) in [7, 11) is -2.20. The molecule has 10 heteroatoms. The number of halogens is 3. The molecule has 1 heterocycles. The molecule has 1 saturated heterocycles. The first kappa shape index (κ1) is 19.8. The Morgan fingerprint density at radius 3 is 2.64 bits per heavy atom. The third-order valence-corrected chi connectivity index (χ3v) is 3.49. The minimum Gasteiger partial charge on any atom is -0.512 e. The molecule has 2 N–H and O–H groups in total. The number of hydrogen-bond donors (Lipinski definition) is 2. The van der Waals surface area contributed by atoms with Crippen LogP contribution in [0.4, 0.5) is 13.2 Å². The fraction of sp³-hybridized carbons (Fsp3) is 0.600. The lowest BCUT2D eigenvalue weighted by atomic mass is 10.1. The van der Waals surface area contributed by atoms with Crippen molar-refractivity contribution in [2.75, 3.05) is 19.8 Å². The maximum Gasteiger partial charge on any atom is 0.707 e. The summed E-state index contributed by atoms with van der Waals surface area (Å²) in [6, 6.07) is 2.89. The van der Waals surface area contributed by atoms with E-state index >= 15 is 0 Å². The molecule has 1 atom stereocenters. The Bertz CT molecular complexity index is 534. The summed E-state index contributed by atoms with van der Waals surface area (Å²) in [4.78, 5) is 0. The summed E-state index contributed by atoms with van der Waals surface area (Å²) in [6.07, 6.45) is -1.65. The van der Waals surface area contributed by atoms with E-state index in [1.165, 1.54) is 0 Å². The van der Waals surface area contributed by atoms with Crippen LogP contribution in [0.2, 0.25) is 0 Å². The Balaban J connectivity index is 1.85. The fourth-order valence-electron chi connectivity index (χ4n) is 2.35. The average molecular weight is 364 g/mol. The summed E-state index contributed by atoms with van der Waals surface area (Å²) in [6.45, 7) is 1.02. The summed E-state index contributed by atoms with van der Waals surface area (Å²) >= 11 is 0. The zero-order valence-electron chi connectivity index (χ0n) is 13.5. The van der Waals surface area contributed by atoms with Gasteiger partial charge < -0.3 is 28.9 Å². The third kappa shape index (κ3) is 6.73. The van der Waals surface area contributed by atoms with Gasteiger partial charge >= 0.3 is 13.5 Å². The highest BCUT2D eigenvalue weighted by atomic mass is 19.4. The van der Waals surface area contributed by atoms with Crippen molar-refractivity contribution in [3.05, 3.63) is 23.8 Å². The van der Waals surface area contributed by atoms with Crippen molar-refractivity contribution in [2.24, 2.45) is 0 Å². The van der Waals surface area contributed by atoms with Crippen LogP contribution in [-0.4, -0.2) is 43.5 Å². The van der Waals surface area contributed by atoms with Crippen LogP contribution in [0.1, 0.15) is 31.2 Å². The quantitative estimate of drug-likeness (QED) is 0.545. The van der Waals surface area contributed by atoms with Gasteiger partial charge in [-0.25, -0.2) is 0 Å². The van der Waals surface area contributed by atoms with Gasteiger partial charge in [-0.2, -0.15) is 13.2 Å². The molecule has 140 valence electrons. The first-order valence-corrected chi connectivity index (χ1v) is 7.96. The number of rotatable bonds is 8. The van der Waals surface area contributed by atoms with Crippen molar-refractivity contribution in [3.63, 3.8) is 0 Å². The van der Waals surface area contributed by atoms with Crippen LogP contribution in [-0.2, 0) is 15.7 Å². The molecule has 0 spiro atoms. The Hall–Kier alpha value is -1.49. The molecule has 0 amide bonds. The number of hydrogen-bond acceptors (Lipinski definition) is 6. The predicted molar refractivity (Wildman–Crippen MR) is 81.9 cm³/mol. The highest BCUT2D eigenvalue weighted by Crippen LogP contribution is 2.38. The number of alkyl halides is 3. The van der Waals surface area contributed by atoms with E-state index < -0.39 is 19.1 Å². The maximum atomic E-state index is 13.1. The number of ether oxygens (including phenoxy) is 3. The van der Waals surface area contributed by atoms with Gasteiger partial charge in [0.25, 0.3) is 0 Å². The third-order valence-electron chi connectivity index (χ3n) is 3.49. The van der Waals surface area contributed by atoms with Gasteiger partial charge in [-0.1, -0.05) is 0 Å². The molecule has 0 aromatic heterocycles. The van der Waals surface area contributed by atoms with Gasteiger partial charge in [-0.05, 0) is 37.5 Å². The first-order valence-electron chi connectivity index (χ1n) is 7.96. The van der Waals surface area contributed by atoms with Crippen molar-refractivity contribution >= 4 is 7.32 Å². The molecule has 0 bridgehead atoms. The van der Waals surface area contributed by atoms with Crippen LogP contribution in [0.3, 0.4) is 0 Å². The van der Waals surface area contributed by atoms with Crippen LogP contribution in [0.25, 0.3) is 0 Å². The second-order valence-electron chi connectivity index (χ2n) is 5.47. The average Bonchev–Trinajstić information content (AvgIpc) is 2.55. The van der Waals surface area contributed by atoms with E-state index in [0.29, 0.717) is 25.7 Å². The maximum absolute atomic E-state index is 13.1. The molecule has 1 unspecified atom stereocenters. The lowest BCUT2D eigenvalue weighted by Gasteiger charge is -2.22. The van der Waals surface area contributed by atoms with E-state index in [2.05, 4.69) is 4.65 Å². The zero-order chi connectivity index (χ0) is 18.3. The summed E-state index contributed by atoms with van der Waals surface area (Å²) < 4.78 is 59.7. The van der Waals surface area contributed by atoms with Crippen molar-refractivity contribution < 1.29 is 42.1 Å². The van der Waals surface area contributed by atoms with Crippen LogP contribution in [0.15, 0.2) is 18.2 Å². The molecule has 6 nitrogen and oxygen atoms in total. The second-order valence-corrected chi connectivity index (χ2v) is 5.47. The highest BCUT2D eigenvalue weighted by molar-refractivity contribution is 6.33. The summed E-state index contributed by atoms with van der Waals surface area (Å²) in [5.41, 5.74) is -1.05. The zero-order valence-corrected chi connectivity index (χ0v) is 13.5. The first-order chi connectivity index (χ1) is 11.9. The van der Waals surface area contributed by atoms with E-state index in [1.807, 2.05) is 0 Å². The lowest BCUT2D eigenvalue weighted by molar-refractivity contribution is -0.163. The summed E-state index contributed by atoms with van der Waals surface area (Å²) in [5, 5.41) is 17.3. The van der Waals surface area contributed by atoms with Crippen LogP contribution < -0.4 is 9.39 Å². The molecule has 0 saturated carbocycles. The largest absolute Gasteiger partial charge is 0.707 e. The van der Waals surface area contributed by atoms with Gasteiger partial charge in [0.05, 0.1) is 13.2 Å². The second kappa shape index (κ2) is 9.28. The van der Waals surface area contributed by atoms with Crippen molar-refractivity contribution in [1.82, 2.24) is 0 Å². The lowest BCUT2D eigenvalue weighted by Crippen LogP contribution is -2.23. The van der Waals surface area contributed by atoms with E-state index in [-0.39, 0.29) is 24.4 Å². The SMILES string of the molecule is OB(O)Oc1ccc(OCCCOC2CCCCO2)c(C(F)(F)F)c1. The molecule has 1 fully saturated rings. The predicted octanol–water partition coefficient (Wildman–Crippen LogP) is 2.37. The monoisotopic (exact) mass is 364 g/mol. The Morgan fingerprint density at radius 1 is 1.20 bits per heavy atom. The van der Waals surface area contributed by atoms with E-state index in [0.717, 1.165) is 31.4 Å². The molecule has 25 heavy (non-hydrogen) atoms. The van der Waals surface area contributed by atoms with Gasteiger partial charge in [0, 0.05) is 13.0 Å². The minimum absolute atomic E-state index is 0.0403. The molecule has 0 radical (unpaired) electrons. The molecule has 1 aliphatic heterocycles. The van der Waals surface area contributed by atoms with Crippen molar-refractivity contribution in [2.45, 2.75) is 38.1 Å². The van der Waals surface area contributed by atoms with E-state index in [9.17, 15) is 13.2 Å². The molecular weight excluding hydrogens is 344 g/mol. The minimum atomic E-state index is -4.67. The number of benzene rings is 1. The molecule has 1 aromatic carbocycles. The van der Waals surface area contributed by atoms with Gasteiger partial charge in [-0.3, -0.25) is 0 Å². The van der Waals surface area contributed by atoms with Crippen molar-refractivity contribution in [3.8, 4) is 11.5 Å². The van der Waals surface area contributed by atoms with E-state index in [4.69, 9.17) is 24.3 Å². The Morgan fingerprint density at radius 2 is 2.00 bits per heavy atom. The van der Waals surface area contributed by atoms with E-state index in [1.54, 1.807) is 0 Å². The van der Waals surface area contributed by atoms with Crippen molar-refractivity contribution in [1.29, 1.82) is 0 Å². The van der Waals surface area contributed by atoms with Gasteiger partial charge in [0.15, 0.2) is 6.29 Å². The van der Waals surface area contributed by atoms with Gasteiger partial charge in [0.2, 0.25) is 0 Å². The van der Waals surface area contributed by atoms with Crippen LogP contribution >= 0.6 is 0 Å². The Kier molecular flexibility index (Phi) is 7.36. The molecular formula is C15H20BF3O6. The van der Waals surface area contributed by atoms with Crippen LogP contribution in [0.5, 0.6) is 11.5 Å². The Labute approximate surface area is 143 Å². The highest BCUT2D eigenvalue weighted by Gasteiger charge is 2.35. The fourth-order valence-corrected chi connectivity index (χ4v) is 2.35. The molecule has 2 rings (SSSR count). The normalized spacial score (nSPS) is 18.0. The standard InChI is InChI=1S/C15H20BF3O6/c17-15(18,19)12-10-11(25-16(20)21)5-6-13(12)22-8-3-9-24-14-4-1-2-7-23-14/h5-6,10,14,20-21H,1-4,7-9H2. The van der Waals surface area contributed by atoms with Gasteiger partial charge in [0.1, 0.15) is 17.1 Å². The molecule has 1 aliphatic rings. The molecule has 1 aromatic rings. The summed E-state index contributed by atoms with van der Waals surface area (Å²) in [5.74, 6) is -0.686. The molecule has 0 aliphatic carbocycles. The van der Waals surface area contributed by atoms with Gasteiger partial charge in [-0.15, -0.1) is 0 Å². The van der Waals surface area contributed by atoms with Crippen LogP contribution in [0, 0.1) is 0 Å². The smallest absolute Gasteiger partial charge is 0.512 e.